The highest BCUT2D eigenvalue weighted by atomic mass is 19.1. The van der Waals surface area contributed by atoms with Crippen molar-refractivity contribution in [3.63, 3.8) is 0 Å². The Morgan fingerprint density at radius 1 is 1.00 bits per heavy atom. The van der Waals surface area contributed by atoms with Crippen LogP contribution >= 0.6 is 0 Å². The fourth-order valence-corrected chi connectivity index (χ4v) is 6.96. The quantitative estimate of drug-likeness (QED) is 0.298. The predicted octanol–water partition coefficient (Wildman–Crippen LogP) is 4.36. The van der Waals surface area contributed by atoms with Crippen molar-refractivity contribution in [2.45, 2.75) is 38.1 Å². The number of aromatic nitrogens is 7. The van der Waals surface area contributed by atoms with E-state index in [9.17, 15) is 13.6 Å². The number of anilines is 2. The van der Waals surface area contributed by atoms with Crippen LogP contribution in [0.2, 0.25) is 0 Å². The van der Waals surface area contributed by atoms with Crippen molar-refractivity contribution < 1.29 is 18.3 Å². The van der Waals surface area contributed by atoms with Crippen LogP contribution in [0.15, 0.2) is 67.1 Å². The third kappa shape index (κ3) is 4.99. The number of nitrogens with zero attached hydrogens (tertiary/aromatic N) is 9. The molecule has 0 aliphatic carbocycles. The third-order valence-electron chi connectivity index (χ3n) is 9.25. The lowest BCUT2D eigenvalue weighted by Crippen LogP contribution is -2.47. The molecule has 4 bridgehead atoms. The summed E-state index contributed by atoms with van der Waals surface area (Å²) in [6, 6.07) is 14.4. The van der Waals surface area contributed by atoms with Gasteiger partial charge >= 0.3 is 0 Å². The first-order chi connectivity index (χ1) is 23.3. The highest BCUT2D eigenvalue weighted by Crippen LogP contribution is 2.34. The van der Waals surface area contributed by atoms with E-state index in [0.717, 1.165) is 34.2 Å². The number of hydrogen-bond donors (Lipinski definition) is 1. The standard InChI is InChI=1S/C34H32F2N10O2/c1-19-40-27-8-4-6-23-26-7-5-9-30(42-26)41-21-13-29(34(47)43(2)16-22(48-3)17-44(19)31(23)27)45(15-21)32-24-14-39-46(33(24)38-18-37-32)28-11-10-20(35)12-25(28)36/h4-12,14,18,21-22,29H,13,15-17H2,1-3H3,(H,41,42)/t21-,22-,29-/m0/s1. The molecule has 2 aliphatic rings. The SMILES string of the molecule is CO[C@H]1CN(C)C(=O)[C@@H]2C[C@@H](CN2c2ncnc3c2cnn3-c2ccc(F)cc2F)Nc2cccc(n2)-c2cccc3nc(C)n(c23)C1. The van der Waals surface area contributed by atoms with Crippen LogP contribution in [0, 0.1) is 18.6 Å². The Morgan fingerprint density at radius 2 is 1.85 bits per heavy atom. The van der Waals surface area contributed by atoms with Crippen molar-refractivity contribution in [3.05, 3.63) is 84.6 Å². The van der Waals surface area contributed by atoms with E-state index in [4.69, 9.17) is 14.7 Å². The predicted molar refractivity (Wildman–Crippen MR) is 176 cm³/mol. The first-order valence-corrected chi connectivity index (χ1v) is 15.7. The molecular formula is C34H32F2N10O2. The average molecular weight is 651 g/mol. The van der Waals surface area contributed by atoms with E-state index < -0.39 is 17.7 Å². The van der Waals surface area contributed by atoms with Crippen molar-refractivity contribution in [2.24, 2.45) is 0 Å². The van der Waals surface area contributed by atoms with Crippen molar-refractivity contribution in [2.75, 3.05) is 37.5 Å². The average Bonchev–Trinajstić information content (AvgIpc) is 3.79. The van der Waals surface area contributed by atoms with Crippen molar-refractivity contribution >= 4 is 39.6 Å². The van der Waals surface area contributed by atoms with Gasteiger partial charge in [-0.1, -0.05) is 18.2 Å². The molecule has 4 aromatic heterocycles. The number of halogens is 2. The normalized spacial score (nSPS) is 19.9. The fourth-order valence-electron chi connectivity index (χ4n) is 6.96. The van der Waals surface area contributed by atoms with E-state index >= 15 is 0 Å². The molecule has 1 amide bonds. The van der Waals surface area contributed by atoms with Gasteiger partial charge in [0.25, 0.3) is 0 Å². The lowest BCUT2D eigenvalue weighted by atomic mass is 10.1. The topological polar surface area (TPSA) is 119 Å². The smallest absolute Gasteiger partial charge is 0.245 e. The van der Waals surface area contributed by atoms with E-state index in [1.807, 2.05) is 48.2 Å². The Balaban J connectivity index is 1.22. The van der Waals surface area contributed by atoms with Crippen LogP contribution in [0.5, 0.6) is 0 Å². The highest BCUT2D eigenvalue weighted by molar-refractivity contribution is 5.93. The summed E-state index contributed by atoms with van der Waals surface area (Å²) in [5.74, 6) is 0.436. The zero-order chi connectivity index (χ0) is 33.1. The number of amides is 1. The van der Waals surface area contributed by atoms with Crippen LogP contribution in [-0.4, -0.2) is 90.5 Å². The van der Waals surface area contributed by atoms with Gasteiger partial charge in [0.05, 0.1) is 41.0 Å². The molecule has 0 spiro atoms. The number of ether oxygens (including phenoxy) is 1. The van der Waals surface area contributed by atoms with Gasteiger partial charge in [0.2, 0.25) is 5.91 Å². The number of hydrogen-bond acceptors (Lipinski definition) is 9. The van der Waals surface area contributed by atoms with Gasteiger partial charge in [-0.15, -0.1) is 0 Å². The van der Waals surface area contributed by atoms with Gasteiger partial charge in [-0.25, -0.2) is 33.4 Å². The van der Waals surface area contributed by atoms with Crippen LogP contribution in [-0.2, 0) is 16.1 Å². The number of nitrogens with one attached hydrogen (secondary N) is 1. The molecule has 12 nitrogen and oxygen atoms in total. The summed E-state index contributed by atoms with van der Waals surface area (Å²) >= 11 is 0. The number of likely N-dealkylation sites (N-methyl/N-ethyl adjacent to an activating group) is 1. The molecule has 48 heavy (non-hydrogen) atoms. The number of benzene rings is 2. The van der Waals surface area contributed by atoms with E-state index in [2.05, 4.69) is 25.0 Å². The molecule has 244 valence electrons. The molecule has 1 N–H and O–H groups in total. The number of fused-ring (bicyclic) bond motifs is 6. The van der Waals surface area contributed by atoms with Gasteiger partial charge in [0.15, 0.2) is 11.5 Å². The number of aryl methyl sites for hydroxylation is 1. The van der Waals surface area contributed by atoms with Crippen LogP contribution < -0.4 is 10.2 Å². The molecule has 3 atom stereocenters. The van der Waals surface area contributed by atoms with Gasteiger partial charge in [-0.3, -0.25) is 4.79 Å². The number of para-hydroxylation sites is 1. The first-order valence-electron chi connectivity index (χ1n) is 15.7. The monoisotopic (exact) mass is 650 g/mol. The summed E-state index contributed by atoms with van der Waals surface area (Å²) in [7, 11) is 3.43. The van der Waals surface area contributed by atoms with E-state index in [0.29, 0.717) is 48.7 Å². The summed E-state index contributed by atoms with van der Waals surface area (Å²) in [5, 5.41) is 8.48. The van der Waals surface area contributed by atoms with Gasteiger partial charge in [0, 0.05) is 44.9 Å². The molecule has 0 radical (unpaired) electrons. The maximum Gasteiger partial charge on any atom is 0.245 e. The second-order valence-electron chi connectivity index (χ2n) is 12.3. The second kappa shape index (κ2) is 11.6. The van der Waals surface area contributed by atoms with Gasteiger partial charge in [0.1, 0.15) is 41.3 Å². The fraction of sp³-hybridized carbons (Fsp3) is 0.294. The molecule has 0 saturated carbocycles. The largest absolute Gasteiger partial charge is 0.378 e. The molecule has 1 saturated heterocycles. The Hall–Kier alpha value is -5.50. The molecular weight excluding hydrogens is 618 g/mol. The summed E-state index contributed by atoms with van der Waals surface area (Å²) in [4.78, 5) is 36.8. The number of carbonyl (C=O) groups is 1. The lowest BCUT2D eigenvalue weighted by molar-refractivity contribution is -0.132. The Kier molecular flexibility index (Phi) is 7.24. The van der Waals surface area contributed by atoms with Crippen LogP contribution in [0.1, 0.15) is 12.2 Å². The molecule has 0 unspecified atom stereocenters. The summed E-state index contributed by atoms with van der Waals surface area (Å²) in [5.41, 5.74) is 3.97. The minimum atomic E-state index is -0.773. The zero-order valence-electron chi connectivity index (χ0n) is 26.5. The summed E-state index contributed by atoms with van der Waals surface area (Å²) in [6.07, 6.45) is 3.05. The van der Waals surface area contributed by atoms with Gasteiger partial charge in [-0.05, 0) is 43.7 Å². The minimum absolute atomic E-state index is 0.0503. The van der Waals surface area contributed by atoms with Crippen LogP contribution in [0.3, 0.4) is 0 Å². The molecule has 1 fully saturated rings. The van der Waals surface area contributed by atoms with Crippen LogP contribution in [0.25, 0.3) is 39.0 Å². The number of imidazole rings is 1. The molecule has 8 rings (SSSR count). The van der Waals surface area contributed by atoms with Crippen LogP contribution in [0.4, 0.5) is 20.4 Å². The van der Waals surface area contributed by atoms with E-state index in [-0.39, 0.29) is 23.7 Å². The highest BCUT2D eigenvalue weighted by Gasteiger charge is 2.41. The molecule has 6 aromatic rings. The van der Waals surface area contributed by atoms with Crippen molar-refractivity contribution in [1.82, 2.24) is 39.2 Å². The Labute approximate surface area is 274 Å². The van der Waals surface area contributed by atoms with E-state index in [1.165, 1.54) is 23.1 Å². The number of rotatable bonds is 3. The molecule has 2 aliphatic heterocycles. The number of pyridine rings is 1. The molecule has 14 heteroatoms. The molecule has 2 aromatic carbocycles. The van der Waals surface area contributed by atoms with Gasteiger partial charge in [-0.2, -0.15) is 5.10 Å². The summed E-state index contributed by atoms with van der Waals surface area (Å²) in [6.45, 7) is 3.21. The zero-order valence-corrected chi connectivity index (χ0v) is 26.5. The third-order valence-corrected chi connectivity index (χ3v) is 9.25. The minimum Gasteiger partial charge on any atom is -0.378 e. The maximum absolute atomic E-state index is 14.8. The second-order valence-corrected chi connectivity index (χ2v) is 12.3. The van der Waals surface area contributed by atoms with Gasteiger partial charge < -0.3 is 24.4 Å². The summed E-state index contributed by atoms with van der Waals surface area (Å²) < 4.78 is 37.9. The number of methoxy groups -OCH3 is 1. The maximum atomic E-state index is 14.8. The Morgan fingerprint density at radius 3 is 2.69 bits per heavy atom. The van der Waals surface area contributed by atoms with Crippen molar-refractivity contribution in [3.8, 4) is 16.9 Å². The lowest BCUT2D eigenvalue weighted by Gasteiger charge is -2.30. The molecule has 6 heterocycles. The van der Waals surface area contributed by atoms with E-state index in [1.54, 1.807) is 25.3 Å². The first kappa shape index (κ1) is 29.9. The van der Waals surface area contributed by atoms with Crippen molar-refractivity contribution in [1.29, 1.82) is 0 Å². The number of carbonyl (C=O) groups excluding carboxylic acids is 1. The Bertz CT molecular complexity index is 2200.